The first-order valence-corrected chi connectivity index (χ1v) is 23.5. The van der Waals surface area contributed by atoms with Crippen LogP contribution in [-0.2, 0) is 4.74 Å². The molecule has 1 unspecified atom stereocenters. The van der Waals surface area contributed by atoms with E-state index in [-0.39, 0.29) is 0 Å². The Kier molecular flexibility index (Phi) is 39.6. The van der Waals surface area contributed by atoms with Crippen LogP contribution in [0.3, 0.4) is 0 Å². The Morgan fingerprint density at radius 1 is 0.250 bits per heavy atom. The van der Waals surface area contributed by atoms with Crippen molar-refractivity contribution in [1.29, 1.82) is 0 Å². The zero-order chi connectivity index (χ0) is 34.1. The van der Waals surface area contributed by atoms with Gasteiger partial charge in [0.05, 0.1) is 12.7 Å². The van der Waals surface area contributed by atoms with E-state index in [1.165, 1.54) is 283 Å². The Morgan fingerprint density at radius 2 is 0.396 bits per heavy atom. The molecule has 1 fully saturated rings. The Balaban J connectivity index is 1.58. The van der Waals surface area contributed by atoms with Gasteiger partial charge in [0.25, 0.3) is 0 Å². The van der Waals surface area contributed by atoms with Crippen LogP contribution in [0.4, 0.5) is 0 Å². The number of unbranched alkanes of at least 4 members (excludes halogenated alkanes) is 42. The quantitative estimate of drug-likeness (QED) is 0.0463. The Hall–Kier alpha value is -0.0400. The molecular formula is C47H94O. The average molecular weight is 675 g/mol. The highest BCUT2D eigenvalue weighted by molar-refractivity contribution is 4.68. The molecule has 0 N–H and O–H groups in total. The molecule has 1 aliphatic rings. The molecule has 48 heavy (non-hydrogen) atoms. The smallest absolute Gasteiger partial charge is 0.0810 e. The van der Waals surface area contributed by atoms with E-state index in [4.69, 9.17) is 4.74 Å². The third-order valence-electron chi connectivity index (χ3n) is 11.5. The minimum Gasteiger partial charge on any atom is -0.373 e. The van der Waals surface area contributed by atoms with Gasteiger partial charge in [-0.2, -0.15) is 0 Å². The van der Waals surface area contributed by atoms with Crippen molar-refractivity contribution in [2.75, 3.05) is 6.61 Å². The van der Waals surface area contributed by atoms with E-state index in [2.05, 4.69) is 6.92 Å². The molecule has 0 spiro atoms. The van der Waals surface area contributed by atoms with Crippen LogP contribution in [0, 0.1) is 0 Å². The van der Waals surface area contributed by atoms with Gasteiger partial charge in [-0.05, 0) is 6.42 Å². The molecule has 1 heteroatoms. The number of hydrogen-bond donors (Lipinski definition) is 0. The van der Waals surface area contributed by atoms with Crippen molar-refractivity contribution >= 4 is 0 Å². The van der Waals surface area contributed by atoms with Crippen LogP contribution in [0.5, 0.6) is 0 Å². The van der Waals surface area contributed by atoms with Gasteiger partial charge < -0.3 is 4.74 Å². The molecule has 0 aliphatic carbocycles. The molecular weight excluding hydrogens is 581 g/mol. The van der Waals surface area contributed by atoms with Crippen molar-refractivity contribution < 1.29 is 4.74 Å². The van der Waals surface area contributed by atoms with Crippen molar-refractivity contribution in [3.05, 3.63) is 0 Å². The van der Waals surface area contributed by atoms with Gasteiger partial charge in [0, 0.05) is 0 Å². The summed E-state index contributed by atoms with van der Waals surface area (Å²) < 4.78 is 5.29. The topological polar surface area (TPSA) is 12.5 Å². The van der Waals surface area contributed by atoms with Crippen molar-refractivity contribution in [1.82, 2.24) is 0 Å². The van der Waals surface area contributed by atoms with E-state index in [9.17, 15) is 0 Å². The molecule has 0 radical (unpaired) electrons. The van der Waals surface area contributed by atoms with Gasteiger partial charge in [-0.25, -0.2) is 0 Å². The predicted molar refractivity (Wildman–Crippen MR) is 219 cm³/mol. The minimum atomic E-state index is 0.646. The van der Waals surface area contributed by atoms with Crippen molar-refractivity contribution in [3.63, 3.8) is 0 Å². The SMILES string of the molecule is CCCCCCCCCCCCCCCCCCCCCCCCCCCCCCCCCCCCCCCCCCCCCC1CO1. The van der Waals surface area contributed by atoms with E-state index in [1.54, 1.807) is 0 Å². The van der Waals surface area contributed by atoms with Gasteiger partial charge in [-0.15, -0.1) is 0 Å². The first kappa shape index (κ1) is 46.0. The third-order valence-corrected chi connectivity index (χ3v) is 11.5. The fraction of sp³-hybridized carbons (Fsp3) is 1.00. The zero-order valence-electron chi connectivity index (χ0n) is 33.8. The third kappa shape index (κ3) is 40.4. The van der Waals surface area contributed by atoms with E-state index >= 15 is 0 Å². The van der Waals surface area contributed by atoms with Crippen LogP contribution in [-0.4, -0.2) is 12.7 Å². The molecule has 288 valence electrons. The first-order chi connectivity index (χ1) is 23.9. The Bertz CT molecular complexity index is 553. The van der Waals surface area contributed by atoms with Crippen LogP contribution in [0.2, 0.25) is 0 Å². The van der Waals surface area contributed by atoms with Crippen LogP contribution < -0.4 is 0 Å². The summed E-state index contributed by atoms with van der Waals surface area (Å²) in [5, 5.41) is 0. The maximum absolute atomic E-state index is 5.29. The lowest BCUT2D eigenvalue weighted by Gasteiger charge is -2.05. The van der Waals surface area contributed by atoms with Crippen molar-refractivity contribution in [3.8, 4) is 0 Å². The monoisotopic (exact) mass is 675 g/mol. The zero-order valence-corrected chi connectivity index (χ0v) is 33.8. The van der Waals surface area contributed by atoms with Gasteiger partial charge in [-0.1, -0.05) is 283 Å². The lowest BCUT2D eigenvalue weighted by Crippen LogP contribution is -1.86. The second kappa shape index (κ2) is 41.4. The molecule has 0 aromatic carbocycles. The number of hydrogen-bond acceptors (Lipinski definition) is 1. The van der Waals surface area contributed by atoms with Gasteiger partial charge in [0.15, 0.2) is 0 Å². The number of epoxide rings is 1. The standard InChI is InChI=1S/C47H94O/c1-2-3-4-5-6-7-8-9-10-11-12-13-14-15-16-17-18-19-20-21-22-23-24-25-26-27-28-29-30-31-32-33-34-35-36-37-38-39-40-41-42-43-44-45-47-46-48-47/h47H,2-46H2,1H3. The molecule has 1 atom stereocenters. The van der Waals surface area contributed by atoms with Crippen molar-refractivity contribution in [2.45, 2.75) is 296 Å². The summed E-state index contributed by atoms with van der Waals surface area (Å²) >= 11 is 0. The summed E-state index contributed by atoms with van der Waals surface area (Å²) in [5.74, 6) is 0. The lowest BCUT2D eigenvalue weighted by molar-refractivity contribution is 0.387. The molecule has 0 saturated carbocycles. The summed E-state index contributed by atoms with van der Waals surface area (Å²) in [7, 11) is 0. The molecule has 1 nitrogen and oxygen atoms in total. The summed E-state index contributed by atoms with van der Waals surface area (Å²) in [6, 6.07) is 0. The highest BCUT2D eigenvalue weighted by Gasteiger charge is 2.20. The molecule has 0 amide bonds. The summed E-state index contributed by atoms with van der Waals surface area (Å²) in [5.41, 5.74) is 0. The normalized spacial score (nSPS) is 14.3. The van der Waals surface area contributed by atoms with Gasteiger partial charge >= 0.3 is 0 Å². The minimum absolute atomic E-state index is 0.646. The second-order valence-electron chi connectivity index (χ2n) is 16.6. The van der Waals surface area contributed by atoms with Gasteiger partial charge in [0.1, 0.15) is 0 Å². The maximum Gasteiger partial charge on any atom is 0.0810 e. The average Bonchev–Trinajstić information content (AvgIpc) is 3.93. The van der Waals surface area contributed by atoms with E-state index in [0.717, 1.165) is 6.61 Å². The molecule has 1 aliphatic heterocycles. The Labute approximate surface area is 306 Å². The fourth-order valence-electron chi connectivity index (χ4n) is 7.93. The molecule has 1 saturated heterocycles. The van der Waals surface area contributed by atoms with Crippen LogP contribution in [0.1, 0.15) is 289 Å². The number of rotatable bonds is 44. The Morgan fingerprint density at radius 3 is 0.542 bits per heavy atom. The molecule has 1 rings (SSSR count). The summed E-state index contributed by atoms with van der Waals surface area (Å²) in [6.45, 7) is 3.35. The van der Waals surface area contributed by atoms with Crippen LogP contribution >= 0.6 is 0 Å². The fourth-order valence-corrected chi connectivity index (χ4v) is 7.93. The van der Waals surface area contributed by atoms with Crippen LogP contribution in [0.15, 0.2) is 0 Å². The van der Waals surface area contributed by atoms with E-state index in [0.29, 0.717) is 6.10 Å². The highest BCUT2D eigenvalue weighted by atomic mass is 16.6. The number of ether oxygens (including phenoxy) is 1. The molecule has 1 heterocycles. The maximum atomic E-state index is 5.29. The van der Waals surface area contributed by atoms with Gasteiger partial charge in [0.2, 0.25) is 0 Å². The van der Waals surface area contributed by atoms with Gasteiger partial charge in [-0.3, -0.25) is 0 Å². The van der Waals surface area contributed by atoms with E-state index < -0.39 is 0 Å². The molecule has 0 aromatic rings. The first-order valence-electron chi connectivity index (χ1n) is 23.5. The lowest BCUT2D eigenvalue weighted by atomic mass is 10.0. The molecule has 0 aromatic heterocycles. The molecule has 0 bridgehead atoms. The van der Waals surface area contributed by atoms with Crippen LogP contribution in [0.25, 0.3) is 0 Å². The summed E-state index contributed by atoms with van der Waals surface area (Å²) in [4.78, 5) is 0. The predicted octanol–water partition coefficient (Wildman–Crippen LogP) is 17.6. The largest absolute Gasteiger partial charge is 0.373 e. The summed E-state index contributed by atoms with van der Waals surface area (Å²) in [6.07, 6.45) is 65.7. The second-order valence-corrected chi connectivity index (χ2v) is 16.6. The van der Waals surface area contributed by atoms with E-state index in [1.807, 2.05) is 0 Å². The van der Waals surface area contributed by atoms with Crippen molar-refractivity contribution in [2.24, 2.45) is 0 Å². The highest BCUT2D eigenvalue weighted by Crippen LogP contribution is 2.20.